The van der Waals surface area contributed by atoms with Crippen molar-refractivity contribution in [3.05, 3.63) is 0 Å². The van der Waals surface area contributed by atoms with E-state index in [1.807, 2.05) is 0 Å². The average molecular weight is 580 g/mol. The third kappa shape index (κ3) is 24.5. The number of rotatable bonds is 29. The van der Waals surface area contributed by atoms with Gasteiger partial charge in [-0.25, -0.2) is 4.57 Å². The molecule has 0 aliphatic rings. The summed E-state index contributed by atoms with van der Waals surface area (Å²) in [5.74, 6) is -0.757. The van der Waals surface area contributed by atoms with Crippen molar-refractivity contribution < 1.29 is 37.2 Å². The summed E-state index contributed by atoms with van der Waals surface area (Å²) in [5, 5.41) is 0. The Hall–Kier alpha value is -0.990. The topological polar surface area (TPSA) is 123 Å². The van der Waals surface area contributed by atoms with Crippen LogP contribution in [0.3, 0.4) is 0 Å². The van der Waals surface area contributed by atoms with Gasteiger partial charge in [-0.1, -0.05) is 110 Å². The lowest BCUT2D eigenvalue weighted by Crippen LogP contribution is -2.29. The SMILES string of the molecule is CCCCCCCCCCCCCC(=O)OC[C@H](COP(=O)(OC)OCCN)OC(=O)CCCCCCCC. The lowest BCUT2D eigenvalue weighted by atomic mass is 10.1. The highest BCUT2D eigenvalue weighted by atomic mass is 31.2. The number of ether oxygens (including phenoxy) is 2. The molecule has 0 radical (unpaired) electrons. The number of hydrogen-bond donors (Lipinski definition) is 1. The highest BCUT2D eigenvalue weighted by molar-refractivity contribution is 7.48. The average Bonchev–Trinajstić information content (AvgIpc) is 2.93. The van der Waals surface area contributed by atoms with Gasteiger partial charge >= 0.3 is 19.8 Å². The molecular weight excluding hydrogens is 521 g/mol. The summed E-state index contributed by atoms with van der Waals surface area (Å²) in [7, 11) is -2.65. The third-order valence-electron chi connectivity index (χ3n) is 6.46. The van der Waals surface area contributed by atoms with Crippen LogP contribution in [0.1, 0.15) is 136 Å². The minimum absolute atomic E-state index is 0.0124. The Morgan fingerprint density at radius 2 is 1.13 bits per heavy atom. The predicted molar refractivity (Wildman–Crippen MR) is 155 cm³/mol. The summed E-state index contributed by atoms with van der Waals surface area (Å²) < 4.78 is 38.6. The lowest BCUT2D eigenvalue weighted by Gasteiger charge is -2.21. The van der Waals surface area contributed by atoms with Crippen molar-refractivity contribution in [2.45, 2.75) is 142 Å². The van der Waals surface area contributed by atoms with Crippen LogP contribution < -0.4 is 5.73 Å². The Kier molecular flexibility index (Phi) is 26.5. The minimum Gasteiger partial charge on any atom is -0.462 e. The molecule has 0 fully saturated rings. The molecule has 0 bridgehead atoms. The molecule has 232 valence electrons. The Balaban J connectivity index is 4.39. The molecule has 0 aromatic carbocycles. The molecule has 9 nitrogen and oxygen atoms in total. The van der Waals surface area contributed by atoms with Gasteiger partial charge < -0.3 is 15.2 Å². The summed E-state index contributed by atoms with van der Waals surface area (Å²) >= 11 is 0. The van der Waals surface area contributed by atoms with Crippen molar-refractivity contribution in [3.8, 4) is 0 Å². The van der Waals surface area contributed by atoms with Crippen LogP contribution in [0.5, 0.6) is 0 Å². The zero-order valence-electron chi connectivity index (χ0n) is 25.1. The first-order valence-electron chi connectivity index (χ1n) is 15.4. The number of hydrogen-bond acceptors (Lipinski definition) is 9. The molecule has 0 rings (SSSR count). The van der Waals surface area contributed by atoms with Crippen LogP contribution in [-0.4, -0.2) is 51.5 Å². The minimum atomic E-state index is -3.85. The quantitative estimate of drug-likeness (QED) is 0.0541. The molecule has 0 amide bonds. The zero-order chi connectivity index (χ0) is 29.0. The van der Waals surface area contributed by atoms with Crippen molar-refractivity contribution in [1.82, 2.24) is 0 Å². The number of nitrogens with two attached hydrogens (primary N) is 1. The van der Waals surface area contributed by atoms with Crippen LogP contribution in [0, 0.1) is 0 Å². The molecule has 10 heteroatoms. The van der Waals surface area contributed by atoms with Gasteiger partial charge in [-0.05, 0) is 12.8 Å². The molecule has 0 saturated carbocycles. The maximum atomic E-state index is 12.5. The lowest BCUT2D eigenvalue weighted by molar-refractivity contribution is -0.161. The number of carbonyl (C=O) groups excluding carboxylic acids is 2. The van der Waals surface area contributed by atoms with E-state index >= 15 is 0 Å². The molecule has 0 spiro atoms. The molecule has 0 aliphatic carbocycles. The maximum absolute atomic E-state index is 12.5. The fourth-order valence-corrected chi connectivity index (χ4v) is 5.05. The largest absolute Gasteiger partial charge is 0.474 e. The summed E-state index contributed by atoms with van der Waals surface area (Å²) in [6.07, 6.45) is 19.2. The Bertz CT molecular complexity index is 634. The van der Waals surface area contributed by atoms with Gasteiger partial charge in [-0.2, -0.15) is 0 Å². The van der Waals surface area contributed by atoms with Crippen LogP contribution in [0.25, 0.3) is 0 Å². The van der Waals surface area contributed by atoms with Gasteiger partial charge in [0.15, 0.2) is 6.10 Å². The van der Waals surface area contributed by atoms with Crippen molar-refractivity contribution in [3.63, 3.8) is 0 Å². The number of carbonyl (C=O) groups is 2. The van der Waals surface area contributed by atoms with E-state index in [4.69, 9.17) is 28.8 Å². The fraction of sp³-hybridized carbons (Fsp3) is 0.931. The smallest absolute Gasteiger partial charge is 0.462 e. The molecule has 0 aromatic heterocycles. The first-order chi connectivity index (χ1) is 18.9. The van der Waals surface area contributed by atoms with Gasteiger partial charge in [0, 0.05) is 26.5 Å². The summed E-state index contributed by atoms with van der Waals surface area (Å²) in [6, 6.07) is 0. The van der Waals surface area contributed by atoms with Gasteiger partial charge in [0.05, 0.1) is 13.2 Å². The molecule has 0 heterocycles. The summed E-state index contributed by atoms with van der Waals surface area (Å²) in [5.41, 5.74) is 5.39. The Morgan fingerprint density at radius 3 is 1.59 bits per heavy atom. The molecule has 39 heavy (non-hydrogen) atoms. The normalized spacial score (nSPS) is 13.6. The fourth-order valence-electron chi connectivity index (χ4n) is 4.08. The van der Waals surface area contributed by atoms with Gasteiger partial charge in [0.1, 0.15) is 6.61 Å². The van der Waals surface area contributed by atoms with E-state index in [0.717, 1.165) is 44.9 Å². The van der Waals surface area contributed by atoms with E-state index in [1.165, 1.54) is 71.3 Å². The van der Waals surface area contributed by atoms with E-state index in [9.17, 15) is 14.2 Å². The van der Waals surface area contributed by atoms with Crippen LogP contribution in [0.15, 0.2) is 0 Å². The van der Waals surface area contributed by atoms with Gasteiger partial charge in [0.25, 0.3) is 0 Å². The molecule has 1 unspecified atom stereocenters. The molecule has 0 aliphatic heterocycles. The van der Waals surface area contributed by atoms with Gasteiger partial charge in [-0.15, -0.1) is 0 Å². The highest BCUT2D eigenvalue weighted by Gasteiger charge is 2.28. The van der Waals surface area contributed by atoms with Crippen molar-refractivity contribution >= 4 is 19.8 Å². The number of phosphoric acid groups is 1. The van der Waals surface area contributed by atoms with Crippen molar-refractivity contribution in [1.29, 1.82) is 0 Å². The monoisotopic (exact) mass is 579 g/mol. The van der Waals surface area contributed by atoms with Gasteiger partial charge in [0.2, 0.25) is 0 Å². The molecule has 2 N–H and O–H groups in total. The number of esters is 2. The highest BCUT2D eigenvalue weighted by Crippen LogP contribution is 2.48. The maximum Gasteiger partial charge on any atom is 0.474 e. The van der Waals surface area contributed by atoms with E-state index in [-0.39, 0.29) is 38.8 Å². The predicted octanol–water partition coefficient (Wildman–Crippen LogP) is 7.64. The molecular formula is C29H58NO8P. The van der Waals surface area contributed by atoms with E-state index < -0.39 is 19.9 Å². The first-order valence-corrected chi connectivity index (χ1v) is 16.9. The molecule has 0 saturated heterocycles. The zero-order valence-corrected chi connectivity index (χ0v) is 26.0. The van der Waals surface area contributed by atoms with Gasteiger partial charge in [-0.3, -0.25) is 23.2 Å². The van der Waals surface area contributed by atoms with Crippen LogP contribution in [-0.2, 0) is 37.2 Å². The van der Waals surface area contributed by atoms with Crippen LogP contribution >= 0.6 is 7.82 Å². The Morgan fingerprint density at radius 1 is 0.667 bits per heavy atom. The summed E-state index contributed by atoms with van der Waals surface area (Å²) in [6.45, 7) is 4.06. The number of phosphoric ester groups is 1. The van der Waals surface area contributed by atoms with E-state index in [2.05, 4.69) is 13.8 Å². The molecule has 0 aromatic rings. The number of unbranched alkanes of at least 4 members (excludes halogenated alkanes) is 15. The van der Waals surface area contributed by atoms with Crippen LogP contribution in [0.2, 0.25) is 0 Å². The second kappa shape index (κ2) is 27.2. The third-order valence-corrected chi connectivity index (χ3v) is 7.87. The molecule has 2 atom stereocenters. The summed E-state index contributed by atoms with van der Waals surface area (Å²) in [4.78, 5) is 24.6. The Labute approximate surface area is 238 Å². The second-order valence-corrected chi connectivity index (χ2v) is 11.9. The van der Waals surface area contributed by atoms with Crippen molar-refractivity contribution in [2.24, 2.45) is 5.73 Å². The van der Waals surface area contributed by atoms with Crippen LogP contribution in [0.4, 0.5) is 0 Å². The van der Waals surface area contributed by atoms with E-state index in [0.29, 0.717) is 6.42 Å². The first kappa shape index (κ1) is 38.0. The van der Waals surface area contributed by atoms with E-state index in [1.54, 1.807) is 0 Å². The standard InChI is InChI=1S/C29H58NO8P/c1-4-6-8-10-12-13-14-15-16-18-19-21-28(31)35-25-27(26-37-39(33,34-3)36-24-23-30)38-29(32)22-20-17-11-9-7-5-2/h27H,4-26,30H2,1-3H3/t27-,39?/m1/s1. The van der Waals surface area contributed by atoms with Crippen molar-refractivity contribution in [2.75, 3.05) is 33.5 Å². The second-order valence-electron chi connectivity index (χ2n) is 10.1.